The highest BCUT2D eigenvalue weighted by molar-refractivity contribution is 7.98. The lowest BCUT2D eigenvalue weighted by atomic mass is 10.2. The van der Waals surface area contributed by atoms with Crippen molar-refractivity contribution in [2.75, 3.05) is 12.4 Å². The fourth-order valence-corrected chi connectivity index (χ4v) is 4.53. The van der Waals surface area contributed by atoms with Crippen molar-refractivity contribution < 1.29 is 9.53 Å². The highest BCUT2D eigenvalue weighted by Gasteiger charge is 2.21. The van der Waals surface area contributed by atoms with E-state index in [9.17, 15) is 10.1 Å². The molecule has 0 aliphatic carbocycles. The lowest BCUT2D eigenvalue weighted by Crippen LogP contribution is -2.13. The van der Waals surface area contributed by atoms with Crippen LogP contribution in [-0.4, -0.2) is 22.8 Å². The monoisotopic (exact) mass is 500 g/mol. The van der Waals surface area contributed by atoms with Crippen LogP contribution in [0.4, 0.5) is 5.82 Å². The molecule has 0 aliphatic heterocycles. The van der Waals surface area contributed by atoms with Gasteiger partial charge in [-0.2, -0.15) is 10.4 Å². The first kappa shape index (κ1) is 24.1. The van der Waals surface area contributed by atoms with Gasteiger partial charge in [-0.15, -0.1) is 0 Å². The Bertz CT molecular complexity index is 1390. The largest absolute Gasteiger partial charge is 0.497 e. The first-order chi connectivity index (χ1) is 17.1. The van der Waals surface area contributed by atoms with Crippen LogP contribution < -0.4 is 10.1 Å². The van der Waals surface area contributed by atoms with Crippen molar-refractivity contribution >= 4 is 41.2 Å². The third-order valence-corrected chi connectivity index (χ3v) is 6.46. The Hall–Kier alpha value is -3.99. The van der Waals surface area contributed by atoms with Crippen molar-refractivity contribution in [1.82, 2.24) is 9.78 Å². The number of nitrogens with one attached hydrogen (secondary N) is 1. The number of methoxy groups -OCH3 is 1. The Morgan fingerprint density at radius 1 is 1.11 bits per heavy atom. The summed E-state index contributed by atoms with van der Waals surface area (Å²) in [7, 11) is 1.60. The first-order valence-electron chi connectivity index (χ1n) is 10.7. The van der Waals surface area contributed by atoms with Gasteiger partial charge in [0.15, 0.2) is 5.82 Å². The highest BCUT2D eigenvalue weighted by Crippen LogP contribution is 2.33. The molecule has 3 aromatic carbocycles. The van der Waals surface area contributed by atoms with E-state index in [1.165, 1.54) is 17.8 Å². The van der Waals surface area contributed by atoms with E-state index in [2.05, 4.69) is 16.5 Å². The number of hydrogen-bond acceptors (Lipinski definition) is 5. The molecule has 1 heterocycles. The number of carbonyl (C=O) groups excluding carboxylic acids is 1. The van der Waals surface area contributed by atoms with E-state index in [1.54, 1.807) is 17.9 Å². The van der Waals surface area contributed by atoms with Crippen molar-refractivity contribution in [2.24, 2.45) is 0 Å². The average Bonchev–Trinajstić information content (AvgIpc) is 3.24. The Balaban J connectivity index is 1.62. The molecule has 1 N–H and O–H groups in total. The quantitative estimate of drug-likeness (QED) is 0.225. The second kappa shape index (κ2) is 11.4. The summed E-state index contributed by atoms with van der Waals surface area (Å²) in [6.45, 7) is 0. The van der Waals surface area contributed by atoms with Gasteiger partial charge >= 0.3 is 0 Å². The van der Waals surface area contributed by atoms with E-state index in [4.69, 9.17) is 16.3 Å². The summed E-state index contributed by atoms with van der Waals surface area (Å²) in [4.78, 5) is 12.8. The molecule has 0 fully saturated rings. The maximum Gasteiger partial charge on any atom is 0.249 e. The molecule has 1 amide bonds. The van der Waals surface area contributed by atoms with E-state index in [1.807, 2.05) is 78.9 Å². The number of rotatable bonds is 8. The van der Waals surface area contributed by atoms with Crippen LogP contribution in [0.25, 0.3) is 11.8 Å². The molecule has 0 bridgehead atoms. The predicted octanol–water partition coefficient (Wildman–Crippen LogP) is 6.35. The third-order valence-electron chi connectivity index (χ3n) is 5.07. The minimum Gasteiger partial charge on any atom is -0.497 e. The molecule has 0 unspecified atom stereocenters. The minimum absolute atomic E-state index is 0.289. The normalized spacial score (nSPS) is 10.8. The average molecular weight is 501 g/mol. The first-order valence-corrected chi connectivity index (χ1v) is 12.0. The van der Waals surface area contributed by atoms with E-state index >= 15 is 0 Å². The summed E-state index contributed by atoms with van der Waals surface area (Å²) in [6.07, 6.45) is 3.11. The number of anilines is 1. The maximum absolute atomic E-state index is 12.8. The Kier molecular flexibility index (Phi) is 7.88. The van der Waals surface area contributed by atoms with Crippen LogP contribution in [0.1, 0.15) is 16.7 Å². The minimum atomic E-state index is -0.378. The van der Waals surface area contributed by atoms with Gasteiger partial charge in [-0.25, -0.2) is 4.68 Å². The SMILES string of the molecule is COc1ccc(/C=C/C(=O)Nc2c(C#N)c(SCc3ccccc3Cl)nn2-c2ccccc2)cc1. The van der Waals surface area contributed by atoms with Crippen LogP contribution in [-0.2, 0) is 10.5 Å². The van der Waals surface area contributed by atoms with E-state index < -0.39 is 0 Å². The molecule has 0 aliphatic rings. The number of amides is 1. The summed E-state index contributed by atoms with van der Waals surface area (Å²) in [5.74, 6) is 1.20. The third kappa shape index (κ3) is 5.93. The number of carbonyl (C=O) groups is 1. The molecular weight excluding hydrogens is 480 g/mol. The number of aromatic nitrogens is 2. The second-order valence-corrected chi connectivity index (χ2v) is 8.73. The smallest absolute Gasteiger partial charge is 0.249 e. The molecule has 4 aromatic rings. The van der Waals surface area contributed by atoms with Crippen molar-refractivity contribution in [1.29, 1.82) is 5.26 Å². The Morgan fingerprint density at radius 2 is 1.83 bits per heavy atom. The van der Waals surface area contributed by atoms with Gasteiger partial charge in [-0.1, -0.05) is 71.9 Å². The Labute approximate surface area is 212 Å². The van der Waals surface area contributed by atoms with Gasteiger partial charge in [-0.05, 0) is 47.5 Å². The van der Waals surface area contributed by atoms with Gasteiger partial charge in [-0.3, -0.25) is 4.79 Å². The lowest BCUT2D eigenvalue weighted by molar-refractivity contribution is -0.111. The predicted molar refractivity (Wildman–Crippen MR) is 140 cm³/mol. The summed E-state index contributed by atoms with van der Waals surface area (Å²) >= 11 is 7.68. The van der Waals surface area contributed by atoms with Crippen LogP contribution in [0.3, 0.4) is 0 Å². The number of thioether (sulfide) groups is 1. The van der Waals surface area contributed by atoms with Gasteiger partial charge in [0.2, 0.25) is 5.91 Å². The number of nitrogens with zero attached hydrogens (tertiary/aromatic N) is 3. The summed E-state index contributed by atoms with van der Waals surface area (Å²) in [6, 6.07) is 26.4. The van der Waals surface area contributed by atoms with Crippen LogP contribution in [0.5, 0.6) is 5.75 Å². The number of benzene rings is 3. The lowest BCUT2D eigenvalue weighted by Gasteiger charge is -2.07. The second-order valence-electron chi connectivity index (χ2n) is 7.36. The summed E-state index contributed by atoms with van der Waals surface area (Å²) in [5, 5.41) is 18.6. The molecule has 35 heavy (non-hydrogen) atoms. The molecule has 0 saturated carbocycles. The maximum atomic E-state index is 12.8. The summed E-state index contributed by atoms with van der Waals surface area (Å²) < 4.78 is 6.73. The molecule has 0 radical (unpaired) electrons. The van der Waals surface area contributed by atoms with Gasteiger partial charge in [0, 0.05) is 16.9 Å². The number of nitriles is 1. The zero-order valence-electron chi connectivity index (χ0n) is 18.8. The molecule has 174 valence electrons. The highest BCUT2D eigenvalue weighted by atomic mass is 35.5. The van der Waals surface area contributed by atoms with Crippen LogP contribution in [0, 0.1) is 11.3 Å². The number of halogens is 1. The van der Waals surface area contributed by atoms with Crippen LogP contribution in [0.2, 0.25) is 5.02 Å². The fraction of sp³-hybridized carbons (Fsp3) is 0.0741. The van der Waals surface area contributed by atoms with Crippen molar-refractivity contribution in [2.45, 2.75) is 10.8 Å². The molecule has 0 spiro atoms. The topological polar surface area (TPSA) is 79.9 Å². The fourth-order valence-electron chi connectivity index (χ4n) is 3.28. The summed E-state index contributed by atoms with van der Waals surface area (Å²) in [5.41, 5.74) is 2.79. The van der Waals surface area contributed by atoms with Gasteiger partial charge in [0.1, 0.15) is 22.4 Å². The standard InChI is InChI=1S/C27H21ClN4O2S/c1-34-22-14-11-19(12-15-22)13-16-25(33)30-26-23(17-29)27(31-32(26)21-8-3-2-4-9-21)35-18-20-7-5-6-10-24(20)28/h2-16H,18H2,1H3,(H,30,33)/b16-13+. The van der Waals surface area contributed by atoms with Crippen molar-refractivity contribution in [3.63, 3.8) is 0 Å². The van der Waals surface area contributed by atoms with Gasteiger partial charge in [0.25, 0.3) is 0 Å². The van der Waals surface area contributed by atoms with Crippen molar-refractivity contribution in [3.8, 4) is 17.5 Å². The number of ether oxygens (including phenoxy) is 1. The molecule has 8 heteroatoms. The molecule has 4 rings (SSSR count). The van der Waals surface area contributed by atoms with E-state index in [0.29, 0.717) is 21.6 Å². The van der Waals surface area contributed by atoms with Crippen LogP contribution >= 0.6 is 23.4 Å². The molecule has 1 aromatic heterocycles. The zero-order valence-corrected chi connectivity index (χ0v) is 20.4. The van der Waals surface area contributed by atoms with E-state index in [0.717, 1.165) is 22.6 Å². The molecule has 0 saturated heterocycles. The number of hydrogen-bond donors (Lipinski definition) is 1. The van der Waals surface area contributed by atoms with Crippen molar-refractivity contribution in [3.05, 3.63) is 107 Å². The van der Waals surface area contributed by atoms with E-state index in [-0.39, 0.29) is 11.5 Å². The zero-order chi connectivity index (χ0) is 24.6. The van der Waals surface area contributed by atoms with Gasteiger partial charge in [0.05, 0.1) is 12.8 Å². The molecule has 0 atom stereocenters. The molecular formula is C27H21ClN4O2S. The Morgan fingerprint density at radius 3 is 2.51 bits per heavy atom. The van der Waals surface area contributed by atoms with Gasteiger partial charge < -0.3 is 10.1 Å². The molecule has 6 nitrogen and oxygen atoms in total. The van der Waals surface area contributed by atoms with Crippen LogP contribution in [0.15, 0.2) is 90.0 Å². The number of para-hydroxylation sites is 1.